The molecule has 27 heavy (non-hydrogen) atoms. The van der Waals surface area contributed by atoms with Gasteiger partial charge in [0.05, 0.1) is 11.3 Å². The van der Waals surface area contributed by atoms with Gasteiger partial charge in [-0.2, -0.15) is 0 Å². The number of fused-ring (bicyclic) bond motifs is 1. The first-order valence-corrected chi connectivity index (χ1v) is 10.5. The van der Waals surface area contributed by atoms with Gasteiger partial charge in [0.25, 0.3) is 5.91 Å². The van der Waals surface area contributed by atoms with Crippen molar-refractivity contribution in [1.82, 2.24) is 4.90 Å². The van der Waals surface area contributed by atoms with Crippen molar-refractivity contribution in [2.24, 2.45) is 5.73 Å². The molecule has 1 aliphatic rings. The lowest BCUT2D eigenvalue weighted by Crippen LogP contribution is -2.35. The first-order chi connectivity index (χ1) is 12.8. The summed E-state index contributed by atoms with van der Waals surface area (Å²) < 4.78 is 12.9. The minimum atomic E-state index is -0.507. The van der Waals surface area contributed by atoms with Crippen molar-refractivity contribution in [3.8, 4) is 0 Å². The summed E-state index contributed by atoms with van der Waals surface area (Å²) in [4.78, 5) is 28.6. The van der Waals surface area contributed by atoms with Crippen LogP contribution in [0.5, 0.6) is 0 Å². The van der Waals surface area contributed by atoms with Crippen molar-refractivity contribution >= 4 is 39.9 Å². The lowest BCUT2D eigenvalue weighted by atomic mass is 10.0. The highest BCUT2D eigenvalue weighted by Gasteiger charge is 2.28. The molecule has 3 rings (SSSR count). The quantitative estimate of drug-likeness (QED) is 0.719. The van der Waals surface area contributed by atoms with E-state index in [-0.39, 0.29) is 17.5 Å². The van der Waals surface area contributed by atoms with Gasteiger partial charge in [-0.3, -0.25) is 14.5 Å². The molecule has 2 heterocycles. The second-order valence-electron chi connectivity index (χ2n) is 6.68. The maximum atomic E-state index is 12.9. The molecule has 0 aliphatic carbocycles. The number of anilines is 1. The summed E-state index contributed by atoms with van der Waals surface area (Å²) in [6, 6.07) is 6.40. The van der Waals surface area contributed by atoms with E-state index in [4.69, 9.17) is 5.73 Å². The molecule has 0 spiro atoms. The van der Waals surface area contributed by atoms with E-state index in [1.54, 1.807) is 12.1 Å². The summed E-state index contributed by atoms with van der Waals surface area (Å²) in [6.07, 6.45) is 0.752. The number of nitrogens with two attached hydrogens (primary N) is 1. The molecule has 0 saturated heterocycles. The van der Waals surface area contributed by atoms with E-state index in [2.05, 4.69) is 24.1 Å². The predicted octanol–water partition coefficient (Wildman–Crippen LogP) is 3.48. The molecule has 0 atom stereocenters. The minimum Gasteiger partial charge on any atom is -0.365 e. The first kappa shape index (κ1) is 19.9. The van der Waals surface area contributed by atoms with E-state index < -0.39 is 5.91 Å². The number of thioether (sulfide) groups is 1. The number of benzene rings is 1. The zero-order chi connectivity index (χ0) is 19.6. The fraction of sp³-hybridized carbons (Fsp3) is 0.368. The summed E-state index contributed by atoms with van der Waals surface area (Å²) >= 11 is 2.74. The standard InChI is InChI=1S/C19H22FN3O2S2/c1-11(2)23-8-7-14-15(9-23)27-19(17(14)18(21)25)22-16(24)10-26-13-5-3-12(20)4-6-13/h3-6,11H,7-10H2,1-2H3,(H2,21,25)(H,22,24). The largest absolute Gasteiger partial charge is 0.365 e. The van der Waals surface area contributed by atoms with Gasteiger partial charge in [0, 0.05) is 28.9 Å². The number of hydrogen-bond donors (Lipinski definition) is 2. The Kier molecular flexibility index (Phi) is 6.18. The van der Waals surface area contributed by atoms with Gasteiger partial charge in [-0.1, -0.05) is 0 Å². The predicted molar refractivity (Wildman–Crippen MR) is 108 cm³/mol. The third kappa shape index (κ3) is 4.69. The van der Waals surface area contributed by atoms with Crippen LogP contribution in [0.1, 0.15) is 34.6 Å². The molecule has 0 radical (unpaired) electrons. The third-order valence-electron chi connectivity index (χ3n) is 4.50. The van der Waals surface area contributed by atoms with Crippen LogP contribution >= 0.6 is 23.1 Å². The Labute approximate surface area is 166 Å². The Hall–Kier alpha value is -1.90. The van der Waals surface area contributed by atoms with E-state index in [1.807, 2.05) is 0 Å². The number of carbonyl (C=O) groups excluding carboxylic acids is 2. The number of hydrogen-bond acceptors (Lipinski definition) is 5. The van der Waals surface area contributed by atoms with Crippen molar-refractivity contribution in [3.63, 3.8) is 0 Å². The zero-order valence-electron chi connectivity index (χ0n) is 15.3. The molecule has 0 saturated carbocycles. The molecule has 1 aliphatic heterocycles. The van der Waals surface area contributed by atoms with Gasteiger partial charge in [0.15, 0.2) is 0 Å². The van der Waals surface area contributed by atoms with Crippen LogP contribution in [0, 0.1) is 5.82 Å². The third-order valence-corrected chi connectivity index (χ3v) is 6.64. The van der Waals surface area contributed by atoms with E-state index in [9.17, 15) is 14.0 Å². The summed E-state index contributed by atoms with van der Waals surface area (Å²) in [7, 11) is 0. The van der Waals surface area contributed by atoms with Gasteiger partial charge in [-0.05, 0) is 50.1 Å². The molecule has 2 aromatic rings. The summed E-state index contributed by atoms with van der Waals surface area (Å²) in [5.41, 5.74) is 7.00. The van der Waals surface area contributed by atoms with Crippen molar-refractivity contribution in [2.75, 3.05) is 17.6 Å². The van der Waals surface area contributed by atoms with Crippen LogP contribution in [0.3, 0.4) is 0 Å². The van der Waals surface area contributed by atoms with Crippen LogP contribution in [0.2, 0.25) is 0 Å². The Morgan fingerprint density at radius 1 is 1.33 bits per heavy atom. The van der Waals surface area contributed by atoms with Crippen LogP contribution in [-0.2, 0) is 17.8 Å². The first-order valence-electron chi connectivity index (χ1n) is 8.71. The molecule has 1 aromatic heterocycles. The fourth-order valence-electron chi connectivity index (χ4n) is 3.06. The van der Waals surface area contributed by atoms with Crippen molar-refractivity contribution in [3.05, 3.63) is 46.1 Å². The normalized spacial score (nSPS) is 14.2. The number of nitrogens with one attached hydrogen (secondary N) is 1. The van der Waals surface area contributed by atoms with E-state index in [0.29, 0.717) is 16.6 Å². The summed E-state index contributed by atoms with van der Waals surface area (Å²) in [5.74, 6) is -0.863. The molecule has 5 nitrogen and oxygen atoms in total. The summed E-state index contributed by atoms with van der Waals surface area (Å²) in [5, 5.41) is 3.37. The fourth-order valence-corrected chi connectivity index (χ4v) is 5.05. The molecular formula is C19H22FN3O2S2. The number of primary amides is 1. The van der Waals surface area contributed by atoms with Crippen LogP contribution in [0.25, 0.3) is 0 Å². The van der Waals surface area contributed by atoms with E-state index >= 15 is 0 Å². The summed E-state index contributed by atoms with van der Waals surface area (Å²) in [6.45, 7) is 5.92. The Morgan fingerprint density at radius 2 is 2.04 bits per heavy atom. The molecule has 1 aromatic carbocycles. The molecule has 0 bridgehead atoms. The lowest BCUT2D eigenvalue weighted by Gasteiger charge is -2.30. The average molecular weight is 408 g/mol. The Balaban J connectivity index is 1.71. The van der Waals surface area contributed by atoms with Crippen LogP contribution < -0.4 is 11.1 Å². The van der Waals surface area contributed by atoms with Gasteiger partial charge in [0.1, 0.15) is 10.8 Å². The van der Waals surface area contributed by atoms with E-state index in [0.717, 1.165) is 34.8 Å². The van der Waals surface area contributed by atoms with Crippen LogP contribution in [0.4, 0.5) is 9.39 Å². The number of nitrogens with zero attached hydrogens (tertiary/aromatic N) is 1. The van der Waals surface area contributed by atoms with Crippen molar-refractivity contribution in [1.29, 1.82) is 0 Å². The average Bonchev–Trinajstić information content (AvgIpc) is 2.98. The second kappa shape index (κ2) is 8.41. The topological polar surface area (TPSA) is 75.4 Å². The highest BCUT2D eigenvalue weighted by molar-refractivity contribution is 8.00. The number of carbonyl (C=O) groups is 2. The van der Waals surface area contributed by atoms with Crippen LogP contribution in [0.15, 0.2) is 29.2 Å². The number of amides is 2. The van der Waals surface area contributed by atoms with Gasteiger partial charge >= 0.3 is 0 Å². The van der Waals surface area contributed by atoms with Gasteiger partial charge in [-0.25, -0.2) is 4.39 Å². The van der Waals surface area contributed by atoms with Crippen molar-refractivity contribution < 1.29 is 14.0 Å². The lowest BCUT2D eigenvalue weighted by molar-refractivity contribution is -0.113. The molecule has 2 amide bonds. The Bertz CT molecular complexity index is 849. The van der Waals surface area contributed by atoms with E-state index in [1.165, 1.54) is 35.2 Å². The Morgan fingerprint density at radius 3 is 2.67 bits per heavy atom. The number of rotatable bonds is 6. The number of thiophene rings is 1. The van der Waals surface area contributed by atoms with Gasteiger partial charge < -0.3 is 11.1 Å². The monoisotopic (exact) mass is 407 g/mol. The SMILES string of the molecule is CC(C)N1CCc2c(sc(NC(=O)CSc3ccc(F)cc3)c2C(N)=O)C1. The molecule has 8 heteroatoms. The van der Waals surface area contributed by atoms with Gasteiger partial charge in [0.2, 0.25) is 5.91 Å². The van der Waals surface area contributed by atoms with Crippen molar-refractivity contribution in [2.45, 2.75) is 37.8 Å². The molecular weight excluding hydrogens is 385 g/mol. The minimum absolute atomic E-state index is 0.171. The highest BCUT2D eigenvalue weighted by atomic mass is 32.2. The maximum absolute atomic E-state index is 12.9. The van der Waals surface area contributed by atoms with Gasteiger partial charge in [-0.15, -0.1) is 23.1 Å². The second-order valence-corrected chi connectivity index (χ2v) is 8.83. The maximum Gasteiger partial charge on any atom is 0.251 e. The van der Waals surface area contributed by atoms with Crippen LogP contribution in [-0.4, -0.2) is 35.1 Å². The number of halogens is 1. The zero-order valence-corrected chi connectivity index (χ0v) is 16.9. The molecule has 0 fully saturated rings. The highest BCUT2D eigenvalue weighted by Crippen LogP contribution is 2.37. The molecule has 144 valence electrons. The smallest absolute Gasteiger partial charge is 0.251 e. The molecule has 0 unspecified atom stereocenters. The molecule has 3 N–H and O–H groups in total.